The zero-order valence-electron chi connectivity index (χ0n) is 9.69. The molecule has 1 saturated heterocycles. The monoisotopic (exact) mass is 223 g/mol. The maximum atomic E-state index is 5.67. The highest BCUT2D eigenvalue weighted by atomic mass is 16.5. The molecular formula is C11H17N3O2. The van der Waals surface area contributed by atoms with E-state index in [1.54, 1.807) is 7.11 Å². The maximum absolute atomic E-state index is 5.67. The Labute approximate surface area is 95.2 Å². The fourth-order valence-corrected chi connectivity index (χ4v) is 1.85. The molecular weight excluding hydrogens is 206 g/mol. The predicted molar refractivity (Wildman–Crippen MR) is 59.8 cm³/mol. The van der Waals surface area contributed by atoms with E-state index in [-0.39, 0.29) is 0 Å². The van der Waals surface area contributed by atoms with Crippen LogP contribution < -0.4 is 14.8 Å². The number of nitrogens with one attached hydrogen (secondary N) is 1. The van der Waals surface area contributed by atoms with Gasteiger partial charge in [-0.25, -0.2) is 9.97 Å². The number of methoxy groups -OCH3 is 1. The van der Waals surface area contributed by atoms with Crippen LogP contribution in [0, 0.1) is 6.92 Å². The molecule has 1 fully saturated rings. The second kappa shape index (κ2) is 5.12. The first-order chi connectivity index (χ1) is 7.81. The Hall–Kier alpha value is -1.36. The number of rotatable bonds is 4. The van der Waals surface area contributed by atoms with Gasteiger partial charge in [0, 0.05) is 6.04 Å². The van der Waals surface area contributed by atoms with E-state index in [0.717, 1.165) is 12.1 Å². The van der Waals surface area contributed by atoms with Crippen LogP contribution in [0.2, 0.25) is 0 Å². The van der Waals surface area contributed by atoms with Crippen molar-refractivity contribution < 1.29 is 9.47 Å². The Morgan fingerprint density at radius 1 is 1.44 bits per heavy atom. The van der Waals surface area contributed by atoms with Gasteiger partial charge in [0.15, 0.2) is 0 Å². The average molecular weight is 223 g/mol. The summed E-state index contributed by atoms with van der Waals surface area (Å²) < 4.78 is 10.8. The number of aromatic nitrogens is 2. The van der Waals surface area contributed by atoms with Crippen LogP contribution in [0.4, 0.5) is 0 Å². The summed E-state index contributed by atoms with van der Waals surface area (Å²) >= 11 is 0. The van der Waals surface area contributed by atoms with Gasteiger partial charge in [0.05, 0.1) is 12.7 Å². The lowest BCUT2D eigenvalue weighted by molar-refractivity contribution is 0.262. The number of hydrogen-bond donors (Lipinski definition) is 1. The summed E-state index contributed by atoms with van der Waals surface area (Å²) in [6.07, 6.45) is 3.85. The highest BCUT2D eigenvalue weighted by Crippen LogP contribution is 2.22. The molecule has 0 amide bonds. The van der Waals surface area contributed by atoms with Crippen molar-refractivity contribution in [2.45, 2.75) is 25.8 Å². The molecule has 0 aromatic carbocycles. The molecule has 88 valence electrons. The minimum atomic E-state index is 0.445. The predicted octanol–water partition coefficient (Wildman–Crippen LogP) is 0.924. The first-order valence-electron chi connectivity index (χ1n) is 5.53. The molecule has 0 saturated carbocycles. The summed E-state index contributed by atoms with van der Waals surface area (Å²) in [5.41, 5.74) is 0.850. The highest BCUT2D eigenvalue weighted by molar-refractivity contribution is 5.32. The van der Waals surface area contributed by atoms with Gasteiger partial charge in [0.25, 0.3) is 0 Å². The second-order valence-corrected chi connectivity index (χ2v) is 3.92. The topological polar surface area (TPSA) is 56.3 Å². The molecule has 1 aliphatic rings. The van der Waals surface area contributed by atoms with E-state index in [0.29, 0.717) is 24.4 Å². The van der Waals surface area contributed by atoms with Crippen LogP contribution in [0.1, 0.15) is 18.4 Å². The quantitative estimate of drug-likeness (QED) is 0.822. The Balaban J connectivity index is 1.97. The van der Waals surface area contributed by atoms with Crippen molar-refractivity contribution >= 4 is 0 Å². The zero-order chi connectivity index (χ0) is 11.4. The van der Waals surface area contributed by atoms with Crippen LogP contribution in [0.25, 0.3) is 0 Å². The van der Waals surface area contributed by atoms with Crippen LogP contribution in [0.5, 0.6) is 11.8 Å². The largest absolute Gasteiger partial charge is 0.481 e. The molecule has 1 aromatic heterocycles. The maximum Gasteiger partial charge on any atom is 0.223 e. The Kier molecular flexibility index (Phi) is 3.56. The number of nitrogens with zero attached hydrogens (tertiary/aromatic N) is 2. The molecule has 5 heteroatoms. The van der Waals surface area contributed by atoms with Gasteiger partial charge >= 0.3 is 0 Å². The lowest BCUT2D eigenvalue weighted by atomic mass is 10.2. The van der Waals surface area contributed by atoms with Gasteiger partial charge in [0.2, 0.25) is 11.8 Å². The standard InChI is InChI=1S/C11H17N3O2/c1-8-10(15-2)13-7-14-11(8)16-6-9-4-3-5-12-9/h7,9,12H,3-6H2,1-2H3. The molecule has 1 unspecified atom stereocenters. The van der Waals surface area contributed by atoms with E-state index in [4.69, 9.17) is 9.47 Å². The summed E-state index contributed by atoms with van der Waals surface area (Å²) in [7, 11) is 1.59. The van der Waals surface area contributed by atoms with Gasteiger partial charge in [-0.3, -0.25) is 0 Å². The molecule has 2 heterocycles. The molecule has 1 aromatic rings. The third-order valence-corrected chi connectivity index (χ3v) is 2.77. The normalized spacial score (nSPS) is 19.8. The Morgan fingerprint density at radius 2 is 2.25 bits per heavy atom. The van der Waals surface area contributed by atoms with Crippen LogP contribution in [0.3, 0.4) is 0 Å². The molecule has 16 heavy (non-hydrogen) atoms. The summed E-state index contributed by atoms with van der Waals surface area (Å²) in [6, 6.07) is 0.445. The molecule has 1 atom stereocenters. The zero-order valence-corrected chi connectivity index (χ0v) is 9.69. The average Bonchev–Trinajstić information content (AvgIpc) is 2.81. The molecule has 0 spiro atoms. The van der Waals surface area contributed by atoms with Gasteiger partial charge in [-0.1, -0.05) is 0 Å². The third kappa shape index (κ3) is 2.41. The van der Waals surface area contributed by atoms with Crippen molar-refractivity contribution in [1.29, 1.82) is 0 Å². The molecule has 5 nitrogen and oxygen atoms in total. The molecule has 1 N–H and O–H groups in total. The van der Waals surface area contributed by atoms with Gasteiger partial charge < -0.3 is 14.8 Å². The minimum Gasteiger partial charge on any atom is -0.481 e. The highest BCUT2D eigenvalue weighted by Gasteiger charge is 2.16. The fraction of sp³-hybridized carbons (Fsp3) is 0.636. The van der Waals surface area contributed by atoms with Crippen molar-refractivity contribution in [3.8, 4) is 11.8 Å². The molecule has 0 radical (unpaired) electrons. The third-order valence-electron chi connectivity index (χ3n) is 2.77. The fourth-order valence-electron chi connectivity index (χ4n) is 1.85. The van der Waals surface area contributed by atoms with E-state index in [1.165, 1.54) is 19.2 Å². The van der Waals surface area contributed by atoms with Gasteiger partial charge in [0.1, 0.15) is 12.9 Å². The minimum absolute atomic E-state index is 0.445. The first kappa shape index (κ1) is 11.1. The lowest BCUT2D eigenvalue weighted by Crippen LogP contribution is -2.28. The lowest BCUT2D eigenvalue weighted by Gasteiger charge is -2.13. The summed E-state index contributed by atoms with van der Waals surface area (Å²) in [4.78, 5) is 8.11. The van der Waals surface area contributed by atoms with Crippen LogP contribution in [0.15, 0.2) is 6.33 Å². The van der Waals surface area contributed by atoms with Crippen LogP contribution in [-0.2, 0) is 0 Å². The van der Waals surface area contributed by atoms with Crippen LogP contribution in [-0.4, -0.2) is 36.3 Å². The summed E-state index contributed by atoms with van der Waals surface area (Å²) in [6.45, 7) is 3.64. The van der Waals surface area contributed by atoms with Gasteiger partial charge in [-0.15, -0.1) is 0 Å². The van der Waals surface area contributed by atoms with Crippen molar-refractivity contribution in [1.82, 2.24) is 15.3 Å². The SMILES string of the molecule is COc1ncnc(OCC2CCCN2)c1C. The summed E-state index contributed by atoms with van der Waals surface area (Å²) in [5.74, 6) is 1.19. The van der Waals surface area contributed by atoms with E-state index < -0.39 is 0 Å². The first-order valence-corrected chi connectivity index (χ1v) is 5.53. The molecule has 0 bridgehead atoms. The van der Waals surface area contributed by atoms with Gasteiger partial charge in [-0.2, -0.15) is 0 Å². The van der Waals surface area contributed by atoms with Crippen molar-refractivity contribution in [2.75, 3.05) is 20.3 Å². The van der Waals surface area contributed by atoms with Crippen molar-refractivity contribution in [2.24, 2.45) is 0 Å². The second-order valence-electron chi connectivity index (χ2n) is 3.92. The van der Waals surface area contributed by atoms with Crippen molar-refractivity contribution in [3.05, 3.63) is 11.9 Å². The van der Waals surface area contributed by atoms with E-state index >= 15 is 0 Å². The van der Waals surface area contributed by atoms with Crippen molar-refractivity contribution in [3.63, 3.8) is 0 Å². The number of ether oxygens (including phenoxy) is 2. The van der Waals surface area contributed by atoms with E-state index in [9.17, 15) is 0 Å². The summed E-state index contributed by atoms with van der Waals surface area (Å²) in [5, 5.41) is 3.38. The van der Waals surface area contributed by atoms with E-state index in [2.05, 4.69) is 15.3 Å². The Morgan fingerprint density at radius 3 is 2.94 bits per heavy atom. The Bertz CT molecular complexity index is 351. The molecule has 1 aliphatic heterocycles. The molecule has 2 rings (SSSR count). The van der Waals surface area contributed by atoms with Gasteiger partial charge in [-0.05, 0) is 26.3 Å². The number of hydrogen-bond acceptors (Lipinski definition) is 5. The molecule has 0 aliphatic carbocycles. The smallest absolute Gasteiger partial charge is 0.223 e. The van der Waals surface area contributed by atoms with E-state index in [1.807, 2.05) is 6.92 Å². The van der Waals surface area contributed by atoms with Crippen LogP contribution >= 0.6 is 0 Å².